The summed E-state index contributed by atoms with van der Waals surface area (Å²) in [5, 5.41) is 8.06. The standard InChI is InChI=1S/C12H20N4/c1-8-4-5-16-10(6-8)7-13-11-9(2)14-15(3)12(11)16/h8,10,13H,4-7H2,1-3H3. The highest BCUT2D eigenvalue weighted by atomic mass is 15.4. The van der Waals surface area contributed by atoms with Crippen LogP contribution in [0.4, 0.5) is 11.5 Å². The quantitative estimate of drug-likeness (QED) is 0.723. The highest BCUT2D eigenvalue weighted by Crippen LogP contribution is 2.37. The van der Waals surface area contributed by atoms with Gasteiger partial charge in [-0.1, -0.05) is 6.92 Å². The van der Waals surface area contributed by atoms with E-state index in [0.29, 0.717) is 6.04 Å². The summed E-state index contributed by atoms with van der Waals surface area (Å²) in [6, 6.07) is 0.658. The number of aromatic nitrogens is 2. The molecule has 16 heavy (non-hydrogen) atoms. The zero-order valence-corrected chi connectivity index (χ0v) is 10.3. The zero-order valence-electron chi connectivity index (χ0n) is 10.3. The van der Waals surface area contributed by atoms with Crippen molar-refractivity contribution in [2.24, 2.45) is 13.0 Å². The molecule has 0 radical (unpaired) electrons. The summed E-state index contributed by atoms with van der Waals surface area (Å²) in [5.41, 5.74) is 2.36. The summed E-state index contributed by atoms with van der Waals surface area (Å²) in [5.74, 6) is 2.15. The minimum Gasteiger partial charge on any atom is -0.378 e. The van der Waals surface area contributed by atoms with Crippen LogP contribution in [0.5, 0.6) is 0 Å². The first kappa shape index (κ1) is 10.00. The van der Waals surface area contributed by atoms with Crippen molar-refractivity contribution in [1.29, 1.82) is 0 Å². The second-order valence-corrected chi connectivity index (χ2v) is 5.27. The number of hydrogen-bond donors (Lipinski definition) is 1. The van der Waals surface area contributed by atoms with Gasteiger partial charge in [-0.05, 0) is 25.7 Å². The average molecular weight is 220 g/mol. The summed E-state index contributed by atoms with van der Waals surface area (Å²) >= 11 is 0. The Morgan fingerprint density at radius 2 is 2.25 bits per heavy atom. The van der Waals surface area contributed by atoms with Crippen LogP contribution >= 0.6 is 0 Å². The Hall–Kier alpha value is -1.19. The molecule has 1 fully saturated rings. The van der Waals surface area contributed by atoms with Crippen molar-refractivity contribution in [2.45, 2.75) is 32.7 Å². The summed E-state index contributed by atoms with van der Waals surface area (Å²) in [6.45, 7) is 6.70. The van der Waals surface area contributed by atoms with E-state index in [1.54, 1.807) is 0 Å². The Bertz CT molecular complexity index is 409. The van der Waals surface area contributed by atoms with Crippen LogP contribution in [-0.4, -0.2) is 28.9 Å². The zero-order chi connectivity index (χ0) is 11.3. The van der Waals surface area contributed by atoms with Crippen molar-refractivity contribution in [3.05, 3.63) is 5.69 Å². The lowest BCUT2D eigenvalue weighted by atomic mass is 9.91. The maximum absolute atomic E-state index is 4.52. The Balaban J connectivity index is 2.00. The molecule has 0 saturated carbocycles. The number of nitrogens with zero attached hydrogens (tertiary/aromatic N) is 3. The molecular weight excluding hydrogens is 200 g/mol. The molecule has 3 rings (SSSR count). The number of rotatable bonds is 0. The van der Waals surface area contributed by atoms with Gasteiger partial charge in [0.2, 0.25) is 0 Å². The molecule has 0 bridgehead atoms. The molecule has 3 heterocycles. The number of fused-ring (bicyclic) bond motifs is 3. The predicted molar refractivity (Wildman–Crippen MR) is 66.0 cm³/mol. The lowest BCUT2D eigenvalue weighted by Crippen LogP contribution is -2.49. The van der Waals surface area contributed by atoms with Crippen LogP contribution in [0.25, 0.3) is 0 Å². The Labute approximate surface area is 96.6 Å². The number of nitrogens with one attached hydrogen (secondary N) is 1. The van der Waals surface area contributed by atoms with E-state index in [0.717, 1.165) is 18.2 Å². The van der Waals surface area contributed by atoms with E-state index in [4.69, 9.17) is 0 Å². The topological polar surface area (TPSA) is 33.1 Å². The molecule has 2 aliphatic heterocycles. The first-order valence-corrected chi connectivity index (χ1v) is 6.21. The van der Waals surface area contributed by atoms with E-state index in [2.05, 4.69) is 29.2 Å². The third kappa shape index (κ3) is 1.32. The van der Waals surface area contributed by atoms with Crippen molar-refractivity contribution in [2.75, 3.05) is 23.3 Å². The fraction of sp³-hybridized carbons (Fsp3) is 0.750. The minimum atomic E-state index is 0.658. The first-order valence-electron chi connectivity index (χ1n) is 6.21. The maximum atomic E-state index is 4.52. The normalized spacial score (nSPS) is 28.3. The van der Waals surface area contributed by atoms with Crippen LogP contribution in [-0.2, 0) is 7.05 Å². The van der Waals surface area contributed by atoms with Gasteiger partial charge < -0.3 is 10.2 Å². The van der Waals surface area contributed by atoms with E-state index >= 15 is 0 Å². The largest absolute Gasteiger partial charge is 0.378 e. The molecule has 4 heteroatoms. The second-order valence-electron chi connectivity index (χ2n) is 5.27. The number of piperidine rings is 1. The van der Waals surface area contributed by atoms with Crippen LogP contribution in [0.2, 0.25) is 0 Å². The van der Waals surface area contributed by atoms with E-state index in [9.17, 15) is 0 Å². The molecule has 88 valence electrons. The molecule has 0 spiro atoms. The van der Waals surface area contributed by atoms with E-state index < -0.39 is 0 Å². The van der Waals surface area contributed by atoms with Crippen LogP contribution < -0.4 is 10.2 Å². The van der Waals surface area contributed by atoms with Crippen molar-refractivity contribution in [1.82, 2.24) is 9.78 Å². The smallest absolute Gasteiger partial charge is 0.150 e. The third-order valence-electron chi connectivity index (χ3n) is 3.96. The Kier molecular flexibility index (Phi) is 2.13. The first-order chi connectivity index (χ1) is 7.66. The van der Waals surface area contributed by atoms with Gasteiger partial charge in [0.1, 0.15) is 5.69 Å². The van der Waals surface area contributed by atoms with E-state index in [1.165, 1.54) is 30.9 Å². The van der Waals surface area contributed by atoms with Crippen LogP contribution in [0.3, 0.4) is 0 Å². The summed E-state index contributed by atoms with van der Waals surface area (Å²) in [6.07, 6.45) is 2.61. The number of anilines is 2. The van der Waals surface area contributed by atoms with Gasteiger partial charge in [0.05, 0.1) is 5.69 Å². The van der Waals surface area contributed by atoms with Gasteiger partial charge in [-0.15, -0.1) is 0 Å². The molecule has 2 aliphatic rings. The summed E-state index contributed by atoms with van der Waals surface area (Å²) in [4.78, 5) is 2.55. The molecule has 2 atom stereocenters. The molecule has 4 nitrogen and oxygen atoms in total. The second kappa shape index (κ2) is 3.40. The molecular formula is C12H20N4. The molecule has 1 saturated heterocycles. The van der Waals surface area contributed by atoms with Crippen molar-refractivity contribution in [3.8, 4) is 0 Å². The Morgan fingerprint density at radius 1 is 1.44 bits per heavy atom. The highest BCUT2D eigenvalue weighted by Gasteiger charge is 2.34. The lowest BCUT2D eigenvalue weighted by Gasteiger charge is -2.43. The van der Waals surface area contributed by atoms with Gasteiger partial charge in [-0.2, -0.15) is 5.10 Å². The maximum Gasteiger partial charge on any atom is 0.150 e. The summed E-state index contributed by atoms with van der Waals surface area (Å²) in [7, 11) is 2.05. The fourth-order valence-electron chi connectivity index (χ4n) is 3.13. The van der Waals surface area contributed by atoms with Crippen LogP contribution in [0.1, 0.15) is 25.5 Å². The van der Waals surface area contributed by atoms with Gasteiger partial charge >= 0.3 is 0 Å². The average Bonchev–Trinajstić information content (AvgIpc) is 2.54. The highest BCUT2D eigenvalue weighted by molar-refractivity contribution is 5.72. The lowest BCUT2D eigenvalue weighted by molar-refractivity contribution is 0.362. The minimum absolute atomic E-state index is 0.658. The molecule has 2 unspecified atom stereocenters. The van der Waals surface area contributed by atoms with Gasteiger partial charge in [0, 0.05) is 26.2 Å². The SMILES string of the molecule is Cc1nn(C)c2c1NCC1CC(C)CCN21. The molecule has 0 aliphatic carbocycles. The number of aryl methyl sites for hydroxylation is 2. The van der Waals surface area contributed by atoms with Gasteiger partial charge in [0.15, 0.2) is 5.82 Å². The van der Waals surface area contributed by atoms with E-state index in [-0.39, 0.29) is 0 Å². The fourth-order valence-corrected chi connectivity index (χ4v) is 3.13. The van der Waals surface area contributed by atoms with Crippen LogP contribution in [0.15, 0.2) is 0 Å². The molecule has 1 N–H and O–H groups in total. The van der Waals surface area contributed by atoms with E-state index in [1.807, 2.05) is 11.7 Å². The molecule has 1 aromatic heterocycles. The number of hydrogen-bond acceptors (Lipinski definition) is 3. The van der Waals surface area contributed by atoms with Gasteiger partial charge in [-0.3, -0.25) is 4.68 Å². The van der Waals surface area contributed by atoms with Crippen molar-refractivity contribution < 1.29 is 0 Å². The molecule has 0 amide bonds. The van der Waals surface area contributed by atoms with Gasteiger partial charge in [-0.25, -0.2) is 0 Å². The van der Waals surface area contributed by atoms with Crippen LogP contribution in [0, 0.1) is 12.8 Å². The Morgan fingerprint density at radius 3 is 3.06 bits per heavy atom. The van der Waals surface area contributed by atoms with Gasteiger partial charge in [0.25, 0.3) is 0 Å². The monoisotopic (exact) mass is 220 g/mol. The molecule has 1 aromatic rings. The third-order valence-corrected chi connectivity index (χ3v) is 3.96. The van der Waals surface area contributed by atoms with Crippen molar-refractivity contribution in [3.63, 3.8) is 0 Å². The summed E-state index contributed by atoms with van der Waals surface area (Å²) < 4.78 is 2.03. The molecule has 0 aromatic carbocycles. The predicted octanol–water partition coefficient (Wildman–Crippen LogP) is 1.76. The van der Waals surface area contributed by atoms with Crippen molar-refractivity contribution >= 4 is 11.5 Å².